The number of fused-ring (bicyclic) bond motifs is 4. The number of anilines is 1. The summed E-state index contributed by atoms with van der Waals surface area (Å²) in [6.45, 7) is 0.223. The SMILES string of the molecule is O=C(Nc1ccc2c(c1)OCO2)C1CCc2[nH]c3ccc(Cl)cc3c2C1. The lowest BCUT2D eigenvalue weighted by molar-refractivity contribution is -0.120. The molecule has 3 aromatic rings. The molecule has 2 heterocycles. The second-order valence-electron chi connectivity index (χ2n) is 6.77. The molecule has 0 spiro atoms. The van der Waals surface area contributed by atoms with Crippen LogP contribution in [-0.2, 0) is 17.6 Å². The maximum Gasteiger partial charge on any atom is 0.231 e. The Kier molecular flexibility index (Phi) is 3.57. The summed E-state index contributed by atoms with van der Waals surface area (Å²) in [4.78, 5) is 16.2. The van der Waals surface area contributed by atoms with E-state index in [1.54, 1.807) is 6.07 Å². The van der Waals surface area contributed by atoms with Crippen LogP contribution in [0.5, 0.6) is 11.5 Å². The topological polar surface area (TPSA) is 63.4 Å². The van der Waals surface area contributed by atoms with Crippen LogP contribution >= 0.6 is 11.6 Å². The van der Waals surface area contributed by atoms with Crippen LogP contribution in [0.15, 0.2) is 36.4 Å². The van der Waals surface area contributed by atoms with Crippen molar-refractivity contribution in [2.24, 2.45) is 5.92 Å². The fourth-order valence-corrected chi connectivity index (χ4v) is 4.00. The van der Waals surface area contributed by atoms with Gasteiger partial charge < -0.3 is 19.8 Å². The standard InChI is InChI=1S/C20H17ClN2O3/c21-12-2-5-17-15(8-12)14-7-11(1-4-16(14)23-17)20(24)22-13-3-6-18-19(9-13)26-10-25-18/h2-3,5-6,8-9,11,23H,1,4,7,10H2,(H,22,24). The highest BCUT2D eigenvalue weighted by Gasteiger charge is 2.28. The highest BCUT2D eigenvalue weighted by Crippen LogP contribution is 2.36. The minimum Gasteiger partial charge on any atom is -0.454 e. The lowest BCUT2D eigenvalue weighted by atomic mass is 9.86. The molecule has 0 saturated heterocycles. The number of rotatable bonds is 2. The predicted molar refractivity (Wildman–Crippen MR) is 100 cm³/mol. The summed E-state index contributed by atoms with van der Waals surface area (Å²) in [6.07, 6.45) is 2.40. The summed E-state index contributed by atoms with van der Waals surface area (Å²) >= 11 is 6.16. The molecule has 0 radical (unpaired) electrons. The van der Waals surface area contributed by atoms with Gasteiger partial charge in [0.2, 0.25) is 12.7 Å². The summed E-state index contributed by atoms with van der Waals surface area (Å²) in [6, 6.07) is 11.3. The van der Waals surface area contributed by atoms with Gasteiger partial charge in [0, 0.05) is 39.3 Å². The zero-order valence-electron chi connectivity index (χ0n) is 14.0. The van der Waals surface area contributed by atoms with Crippen molar-refractivity contribution in [3.05, 3.63) is 52.7 Å². The fourth-order valence-electron chi connectivity index (χ4n) is 3.83. The van der Waals surface area contributed by atoms with Crippen LogP contribution in [0.25, 0.3) is 10.9 Å². The van der Waals surface area contributed by atoms with Crippen LogP contribution in [0, 0.1) is 5.92 Å². The van der Waals surface area contributed by atoms with Gasteiger partial charge in [-0.2, -0.15) is 0 Å². The van der Waals surface area contributed by atoms with Crippen molar-refractivity contribution in [1.29, 1.82) is 0 Å². The van der Waals surface area contributed by atoms with Crippen LogP contribution < -0.4 is 14.8 Å². The van der Waals surface area contributed by atoms with Gasteiger partial charge in [-0.3, -0.25) is 4.79 Å². The lowest BCUT2D eigenvalue weighted by Crippen LogP contribution is -2.28. The van der Waals surface area contributed by atoms with Gasteiger partial charge in [0.05, 0.1) is 0 Å². The quantitative estimate of drug-likeness (QED) is 0.709. The van der Waals surface area contributed by atoms with E-state index in [9.17, 15) is 4.79 Å². The highest BCUT2D eigenvalue weighted by molar-refractivity contribution is 6.31. The average molecular weight is 369 g/mol. The highest BCUT2D eigenvalue weighted by atomic mass is 35.5. The molecule has 0 saturated carbocycles. The van der Waals surface area contributed by atoms with E-state index in [4.69, 9.17) is 21.1 Å². The molecule has 1 aliphatic carbocycles. The minimum absolute atomic E-state index is 0.0332. The number of ether oxygens (including phenoxy) is 2. The molecule has 2 N–H and O–H groups in total. The first-order valence-electron chi connectivity index (χ1n) is 8.67. The summed E-state index contributed by atoms with van der Waals surface area (Å²) in [7, 11) is 0. The van der Waals surface area contributed by atoms with Gasteiger partial charge in [-0.1, -0.05) is 11.6 Å². The van der Waals surface area contributed by atoms with E-state index in [0.717, 1.165) is 29.4 Å². The zero-order chi connectivity index (χ0) is 17.7. The number of hydrogen-bond acceptors (Lipinski definition) is 3. The average Bonchev–Trinajstić information content (AvgIpc) is 3.24. The first kappa shape index (κ1) is 15.6. The van der Waals surface area contributed by atoms with E-state index >= 15 is 0 Å². The van der Waals surface area contributed by atoms with Gasteiger partial charge in [-0.05, 0) is 55.2 Å². The molecular formula is C20H17ClN2O3. The fraction of sp³-hybridized carbons (Fsp3) is 0.250. The monoisotopic (exact) mass is 368 g/mol. The molecule has 2 aliphatic rings. The Balaban J connectivity index is 1.37. The smallest absolute Gasteiger partial charge is 0.231 e. The first-order chi connectivity index (χ1) is 12.7. The third-order valence-corrected chi connectivity index (χ3v) is 5.40. The van der Waals surface area contributed by atoms with Crippen LogP contribution in [0.1, 0.15) is 17.7 Å². The largest absolute Gasteiger partial charge is 0.454 e. The summed E-state index contributed by atoms with van der Waals surface area (Å²) < 4.78 is 10.7. The van der Waals surface area contributed by atoms with Crippen LogP contribution in [0.3, 0.4) is 0 Å². The number of aromatic nitrogens is 1. The van der Waals surface area contributed by atoms with Gasteiger partial charge in [-0.25, -0.2) is 0 Å². The molecule has 0 bridgehead atoms. The minimum atomic E-state index is -0.0640. The number of carbonyl (C=O) groups is 1. The van der Waals surface area contributed by atoms with E-state index in [0.29, 0.717) is 22.9 Å². The van der Waals surface area contributed by atoms with Gasteiger partial charge in [0.25, 0.3) is 0 Å². The lowest BCUT2D eigenvalue weighted by Gasteiger charge is -2.22. The molecule has 1 unspecified atom stereocenters. The van der Waals surface area contributed by atoms with Crippen LogP contribution in [-0.4, -0.2) is 17.7 Å². The molecule has 1 aliphatic heterocycles. The van der Waals surface area contributed by atoms with Crippen molar-refractivity contribution in [1.82, 2.24) is 4.98 Å². The van der Waals surface area contributed by atoms with E-state index in [2.05, 4.69) is 10.3 Å². The first-order valence-corrected chi connectivity index (χ1v) is 9.05. The third-order valence-electron chi connectivity index (χ3n) is 5.16. The number of aryl methyl sites for hydroxylation is 1. The Morgan fingerprint density at radius 2 is 2.04 bits per heavy atom. The molecule has 1 aromatic heterocycles. The van der Waals surface area contributed by atoms with Crippen LogP contribution in [0.2, 0.25) is 5.02 Å². The van der Waals surface area contributed by atoms with Crippen molar-refractivity contribution in [2.75, 3.05) is 12.1 Å². The van der Waals surface area contributed by atoms with Crippen molar-refractivity contribution < 1.29 is 14.3 Å². The Hall–Kier alpha value is -2.66. The molecule has 1 atom stereocenters. The van der Waals surface area contributed by atoms with E-state index in [-0.39, 0.29) is 18.6 Å². The molecule has 6 heteroatoms. The molecule has 26 heavy (non-hydrogen) atoms. The number of carbonyl (C=O) groups excluding carboxylic acids is 1. The second-order valence-corrected chi connectivity index (χ2v) is 7.21. The number of nitrogens with one attached hydrogen (secondary N) is 2. The molecule has 132 valence electrons. The maximum atomic E-state index is 12.8. The number of hydrogen-bond donors (Lipinski definition) is 2. The predicted octanol–water partition coefficient (Wildman–Crippen LogP) is 4.29. The maximum absolute atomic E-state index is 12.8. The van der Waals surface area contributed by atoms with E-state index < -0.39 is 0 Å². The van der Waals surface area contributed by atoms with Gasteiger partial charge in [0.1, 0.15) is 0 Å². The number of aromatic amines is 1. The normalized spacial score (nSPS) is 18.0. The number of benzene rings is 2. The van der Waals surface area contributed by atoms with Crippen molar-refractivity contribution in [2.45, 2.75) is 19.3 Å². The van der Waals surface area contributed by atoms with Gasteiger partial charge in [-0.15, -0.1) is 0 Å². The van der Waals surface area contributed by atoms with E-state index in [1.165, 1.54) is 11.3 Å². The molecule has 5 nitrogen and oxygen atoms in total. The number of amides is 1. The molecule has 2 aromatic carbocycles. The molecule has 1 amide bonds. The Bertz CT molecular complexity index is 1030. The van der Waals surface area contributed by atoms with E-state index in [1.807, 2.05) is 30.3 Å². The zero-order valence-corrected chi connectivity index (χ0v) is 14.7. The third kappa shape index (κ3) is 2.59. The van der Waals surface area contributed by atoms with Crippen molar-refractivity contribution in [3.63, 3.8) is 0 Å². The molecular weight excluding hydrogens is 352 g/mol. The molecule has 5 rings (SSSR count). The Labute approximate surface area is 155 Å². The van der Waals surface area contributed by atoms with Gasteiger partial charge >= 0.3 is 0 Å². The summed E-state index contributed by atoms with van der Waals surface area (Å²) in [5.41, 5.74) is 4.23. The van der Waals surface area contributed by atoms with Crippen molar-refractivity contribution in [3.8, 4) is 11.5 Å². The Morgan fingerprint density at radius 1 is 1.15 bits per heavy atom. The van der Waals surface area contributed by atoms with Crippen molar-refractivity contribution >= 4 is 34.1 Å². The van der Waals surface area contributed by atoms with Crippen LogP contribution in [0.4, 0.5) is 5.69 Å². The summed E-state index contributed by atoms with van der Waals surface area (Å²) in [5.74, 6) is 1.35. The molecule has 0 fully saturated rings. The number of halogens is 1. The second kappa shape index (κ2) is 5.95. The van der Waals surface area contributed by atoms with Gasteiger partial charge in [0.15, 0.2) is 11.5 Å². The Morgan fingerprint density at radius 3 is 2.96 bits per heavy atom. The number of H-pyrrole nitrogens is 1. The summed E-state index contributed by atoms with van der Waals surface area (Å²) in [5, 5.41) is 4.85.